The van der Waals surface area contributed by atoms with E-state index in [1.165, 1.54) is 0 Å². The Balaban J connectivity index is 2.58. The molecule has 1 heterocycles. The Bertz CT molecular complexity index is 346. The fourth-order valence-electron chi connectivity index (χ4n) is 1.39. The molecule has 0 aliphatic carbocycles. The van der Waals surface area contributed by atoms with E-state index < -0.39 is 0 Å². The Morgan fingerprint density at radius 2 is 2.12 bits per heavy atom. The monoisotopic (exact) mass is 240 g/mol. The molecule has 0 saturated heterocycles. The molecule has 1 rings (SSSR count). The normalized spacial score (nSPS) is 12.2. The van der Waals surface area contributed by atoms with Gasteiger partial charge in [0.1, 0.15) is 5.82 Å². The SMILES string of the molecule is CNc1nc(C)cc(NCC(COC)OC)n1. The maximum absolute atomic E-state index is 5.25. The van der Waals surface area contributed by atoms with Crippen molar-refractivity contribution in [1.82, 2.24) is 9.97 Å². The molecule has 17 heavy (non-hydrogen) atoms. The fraction of sp³-hybridized carbons (Fsp3) is 0.636. The van der Waals surface area contributed by atoms with Gasteiger partial charge >= 0.3 is 0 Å². The van der Waals surface area contributed by atoms with Gasteiger partial charge in [0.25, 0.3) is 0 Å². The molecule has 2 N–H and O–H groups in total. The minimum Gasteiger partial charge on any atom is -0.382 e. The first-order valence-corrected chi connectivity index (χ1v) is 5.48. The van der Waals surface area contributed by atoms with Gasteiger partial charge in [-0.25, -0.2) is 4.98 Å². The average molecular weight is 240 g/mol. The first-order valence-electron chi connectivity index (χ1n) is 5.48. The summed E-state index contributed by atoms with van der Waals surface area (Å²) >= 11 is 0. The van der Waals surface area contributed by atoms with Crippen LogP contribution < -0.4 is 10.6 Å². The summed E-state index contributed by atoms with van der Waals surface area (Å²) in [7, 11) is 5.11. The fourth-order valence-corrected chi connectivity index (χ4v) is 1.39. The number of nitrogens with zero attached hydrogens (tertiary/aromatic N) is 2. The van der Waals surface area contributed by atoms with E-state index in [0.29, 0.717) is 19.1 Å². The van der Waals surface area contributed by atoms with Crippen LogP contribution in [0.2, 0.25) is 0 Å². The van der Waals surface area contributed by atoms with Crippen molar-refractivity contribution < 1.29 is 9.47 Å². The van der Waals surface area contributed by atoms with Gasteiger partial charge < -0.3 is 20.1 Å². The minimum atomic E-state index is 0.00769. The summed E-state index contributed by atoms with van der Waals surface area (Å²) < 4.78 is 10.3. The van der Waals surface area contributed by atoms with Crippen LogP contribution in [-0.2, 0) is 9.47 Å². The topological polar surface area (TPSA) is 68.3 Å². The number of aromatic nitrogens is 2. The van der Waals surface area contributed by atoms with Gasteiger partial charge in [0, 0.05) is 39.6 Å². The zero-order chi connectivity index (χ0) is 12.7. The molecule has 0 amide bonds. The highest BCUT2D eigenvalue weighted by Crippen LogP contribution is 2.09. The van der Waals surface area contributed by atoms with Gasteiger partial charge in [-0.2, -0.15) is 4.98 Å². The van der Waals surface area contributed by atoms with Crippen molar-refractivity contribution in [1.29, 1.82) is 0 Å². The molecule has 0 spiro atoms. The standard InChI is InChI=1S/C11H20N4O2/c1-8-5-10(15-11(12-2)14-8)13-6-9(17-4)7-16-3/h5,9H,6-7H2,1-4H3,(H2,12,13,14,15). The lowest BCUT2D eigenvalue weighted by atomic mass is 10.3. The van der Waals surface area contributed by atoms with Crippen LogP contribution in [0.25, 0.3) is 0 Å². The first kappa shape index (κ1) is 13.7. The molecular formula is C11H20N4O2. The van der Waals surface area contributed by atoms with E-state index in [4.69, 9.17) is 9.47 Å². The number of nitrogens with one attached hydrogen (secondary N) is 2. The number of hydrogen-bond acceptors (Lipinski definition) is 6. The van der Waals surface area contributed by atoms with Crippen LogP contribution in [0.3, 0.4) is 0 Å². The zero-order valence-electron chi connectivity index (χ0n) is 10.8. The largest absolute Gasteiger partial charge is 0.382 e. The van der Waals surface area contributed by atoms with E-state index in [1.54, 1.807) is 21.3 Å². The van der Waals surface area contributed by atoms with Gasteiger partial charge in [-0.3, -0.25) is 0 Å². The van der Waals surface area contributed by atoms with E-state index in [9.17, 15) is 0 Å². The van der Waals surface area contributed by atoms with Crippen LogP contribution in [0.5, 0.6) is 0 Å². The Morgan fingerprint density at radius 3 is 2.71 bits per heavy atom. The van der Waals surface area contributed by atoms with Crippen LogP contribution in [0.1, 0.15) is 5.69 Å². The predicted octanol–water partition coefficient (Wildman–Crippen LogP) is 0.900. The van der Waals surface area contributed by atoms with Gasteiger partial charge in [-0.15, -0.1) is 0 Å². The molecule has 0 saturated carbocycles. The molecule has 0 bridgehead atoms. The van der Waals surface area contributed by atoms with Crippen LogP contribution in [0.4, 0.5) is 11.8 Å². The number of ether oxygens (including phenoxy) is 2. The second kappa shape index (κ2) is 7.03. The van der Waals surface area contributed by atoms with E-state index in [-0.39, 0.29) is 6.10 Å². The molecule has 0 aliphatic heterocycles. The molecule has 6 heteroatoms. The van der Waals surface area contributed by atoms with Gasteiger partial charge in [0.05, 0.1) is 12.7 Å². The molecule has 1 aromatic rings. The van der Waals surface area contributed by atoms with Crippen LogP contribution in [0.15, 0.2) is 6.07 Å². The number of aryl methyl sites for hydroxylation is 1. The van der Waals surface area contributed by atoms with Crippen molar-refractivity contribution in [2.75, 3.05) is 45.1 Å². The Labute approximate surface area is 102 Å². The van der Waals surface area contributed by atoms with Gasteiger partial charge in [0.15, 0.2) is 0 Å². The number of methoxy groups -OCH3 is 2. The van der Waals surface area contributed by atoms with E-state index >= 15 is 0 Å². The van der Waals surface area contributed by atoms with Crippen LogP contribution in [0, 0.1) is 6.92 Å². The van der Waals surface area contributed by atoms with E-state index in [1.807, 2.05) is 13.0 Å². The summed E-state index contributed by atoms with van der Waals surface area (Å²) in [6, 6.07) is 1.89. The Kier molecular flexibility index (Phi) is 5.65. The summed E-state index contributed by atoms with van der Waals surface area (Å²) in [5.74, 6) is 1.38. The molecule has 1 unspecified atom stereocenters. The van der Waals surface area contributed by atoms with Crippen LogP contribution >= 0.6 is 0 Å². The molecule has 0 fully saturated rings. The number of rotatable bonds is 7. The molecule has 96 valence electrons. The Morgan fingerprint density at radius 1 is 1.35 bits per heavy atom. The van der Waals surface area contributed by atoms with Crippen LogP contribution in [-0.4, -0.2) is 50.5 Å². The quantitative estimate of drug-likeness (QED) is 0.738. The van der Waals surface area contributed by atoms with E-state index in [0.717, 1.165) is 11.5 Å². The number of anilines is 2. The second-order valence-electron chi connectivity index (χ2n) is 3.66. The van der Waals surface area contributed by atoms with Crippen molar-refractivity contribution >= 4 is 11.8 Å². The first-order chi connectivity index (χ1) is 8.19. The van der Waals surface area contributed by atoms with Gasteiger partial charge in [-0.05, 0) is 6.92 Å². The number of hydrogen-bond donors (Lipinski definition) is 2. The molecule has 0 aromatic carbocycles. The molecule has 6 nitrogen and oxygen atoms in total. The van der Waals surface area contributed by atoms with E-state index in [2.05, 4.69) is 20.6 Å². The summed E-state index contributed by atoms with van der Waals surface area (Å²) in [5, 5.41) is 6.12. The minimum absolute atomic E-state index is 0.00769. The summed E-state index contributed by atoms with van der Waals surface area (Å²) in [5.41, 5.74) is 0.910. The maximum atomic E-state index is 5.25. The van der Waals surface area contributed by atoms with Crippen molar-refractivity contribution in [3.05, 3.63) is 11.8 Å². The predicted molar refractivity (Wildman–Crippen MR) is 67.5 cm³/mol. The average Bonchev–Trinajstić information content (AvgIpc) is 2.33. The summed E-state index contributed by atoms with van der Waals surface area (Å²) in [6.07, 6.45) is 0.00769. The third-order valence-corrected chi connectivity index (χ3v) is 2.27. The van der Waals surface area contributed by atoms with Crippen molar-refractivity contribution in [2.45, 2.75) is 13.0 Å². The molecule has 1 aromatic heterocycles. The highest BCUT2D eigenvalue weighted by atomic mass is 16.5. The lowest BCUT2D eigenvalue weighted by Crippen LogP contribution is -2.27. The van der Waals surface area contributed by atoms with Gasteiger partial charge in [0.2, 0.25) is 5.95 Å². The Hall–Kier alpha value is -1.40. The third kappa shape index (κ3) is 4.54. The van der Waals surface area contributed by atoms with Gasteiger partial charge in [-0.1, -0.05) is 0 Å². The molecule has 1 atom stereocenters. The highest BCUT2D eigenvalue weighted by Gasteiger charge is 2.07. The highest BCUT2D eigenvalue weighted by molar-refractivity contribution is 5.41. The second-order valence-corrected chi connectivity index (χ2v) is 3.66. The lowest BCUT2D eigenvalue weighted by molar-refractivity contribution is 0.0365. The summed E-state index contributed by atoms with van der Waals surface area (Å²) in [4.78, 5) is 8.51. The van der Waals surface area contributed by atoms with Crippen molar-refractivity contribution in [2.24, 2.45) is 0 Å². The molecular weight excluding hydrogens is 220 g/mol. The zero-order valence-corrected chi connectivity index (χ0v) is 10.8. The molecule has 0 radical (unpaired) electrons. The maximum Gasteiger partial charge on any atom is 0.224 e. The van der Waals surface area contributed by atoms with Crippen molar-refractivity contribution in [3.8, 4) is 0 Å². The third-order valence-electron chi connectivity index (χ3n) is 2.27. The summed E-state index contributed by atoms with van der Waals surface area (Å²) in [6.45, 7) is 3.12. The lowest BCUT2D eigenvalue weighted by Gasteiger charge is -2.15. The smallest absolute Gasteiger partial charge is 0.224 e. The van der Waals surface area contributed by atoms with Crippen molar-refractivity contribution in [3.63, 3.8) is 0 Å². The molecule has 0 aliphatic rings.